The fourth-order valence-corrected chi connectivity index (χ4v) is 2.28. The number of hydrogen-bond acceptors (Lipinski definition) is 4. The van der Waals surface area contributed by atoms with E-state index in [0.29, 0.717) is 27.1 Å². The summed E-state index contributed by atoms with van der Waals surface area (Å²) in [6.07, 6.45) is 3.24. The van der Waals surface area contributed by atoms with Gasteiger partial charge in [-0.1, -0.05) is 29.3 Å². The minimum absolute atomic E-state index is 0.454. The van der Waals surface area contributed by atoms with Crippen molar-refractivity contribution < 1.29 is 0 Å². The van der Waals surface area contributed by atoms with Gasteiger partial charge in [0.2, 0.25) is 0 Å². The topological polar surface area (TPSA) is 55.6 Å². The van der Waals surface area contributed by atoms with E-state index in [9.17, 15) is 0 Å². The van der Waals surface area contributed by atoms with Crippen molar-refractivity contribution >= 4 is 45.9 Å². The van der Waals surface area contributed by atoms with Crippen molar-refractivity contribution in [2.24, 2.45) is 0 Å². The van der Waals surface area contributed by atoms with E-state index in [2.05, 4.69) is 20.3 Å². The lowest BCUT2D eigenvalue weighted by molar-refractivity contribution is 0.777. The van der Waals surface area contributed by atoms with Gasteiger partial charge in [-0.3, -0.25) is 0 Å². The van der Waals surface area contributed by atoms with Crippen molar-refractivity contribution in [1.82, 2.24) is 19.5 Å². The van der Waals surface area contributed by atoms with Gasteiger partial charge in [-0.05, 0) is 19.1 Å². The van der Waals surface area contributed by atoms with Crippen LogP contribution in [0.2, 0.25) is 10.0 Å². The van der Waals surface area contributed by atoms with Crippen molar-refractivity contribution in [1.29, 1.82) is 0 Å². The predicted molar refractivity (Wildman–Crippen MR) is 80.7 cm³/mol. The molecule has 0 aliphatic rings. The SMILES string of the molecule is CCn1cnc2c(Nc3cccc(Cl)c3Cl)ncnc21. The Morgan fingerprint density at radius 1 is 1.20 bits per heavy atom. The summed E-state index contributed by atoms with van der Waals surface area (Å²) < 4.78 is 1.95. The molecular weight excluding hydrogens is 297 g/mol. The summed E-state index contributed by atoms with van der Waals surface area (Å²) in [5.74, 6) is 0.603. The summed E-state index contributed by atoms with van der Waals surface area (Å²) in [6.45, 7) is 2.83. The summed E-state index contributed by atoms with van der Waals surface area (Å²) >= 11 is 12.2. The largest absolute Gasteiger partial charge is 0.337 e. The van der Waals surface area contributed by atoms with Crippen LogP contribution in [0.3, 0.4) is 0 Å². The Balaban J connectivity index is 2.07. The van der Waals surface area contributed by atoms with Gasteiger partial charge in [0.25, 0.3) is 0 Å². The molecule has 0 fully saturated rings. The van der Waals surface area contributed by atoms with Gasteiger partial charge in [-0.2, -0.15) is 0 Å². The molecule has 0 bridgehead atoms. The number of aryl methyl sites for hydroxylation is 1. The van der Waals surface area contributed by atoms with E-state index in [1.807, 2.05) is 23.6 Å². The molecule has 5 nitrogen and oxygen atoms in total. The van der Waals surface area contributed by atoms with E-state index in [0.717, 1.165) is 12.2 Å². The Hall–Kier alpha value is -1.85. The van der Waals surface area contributed by atoms with E-state index in [1.165, 1.54) is 6.33 Å². The van der Waals surface area contributed by atoms with Gasteiger partial charge >= 0.3 is 0 Å². The van der Waals surface area contributed by atoms with Crippen LogP contribution < -0.4 is 5.32 Å². The van der Waals surface area contributed by atoms with Gasteiger partial charge in [0.05, 0.1) is 22.1 Å². The second-order valence-electron chi connectivity index (χ2n) is 4.15. The first-order chi connectivity index (χ1) is 9.70. The van der Waals surface area contributed by atoms with Crippen molar-refractivity contribution in [3.05, 3.63) is 40.9 Å². The lowest BCUT2D eigenvalue weighted by Crippen LogP contribution is -1.98. The fourth-order valence-electron chi connectivity index (χ4n) is 1.93. The molecule has 0 saturated carbocycles. The number of imidazole rings is 1. The number of rotatable bonds is 3. The normalized spacial score (nSPS) is 10.9. The molecule has 0 unspecified atom stereocenters. The molecule has 2 aromatic heterocycles. The van der Waals surface area contributed by atoms with Gasteiger partial charge in [0.15, 0.2) is 17.0 Å². The number of fused-ring (bicyclic) bond motifs is 1. The van der Waals surface area contributed by atoms with Gasteiger partial charge in [0.1, 0.15) is 6.33 Å². The summed E-state index contributed by atoms with van der Waals surface area (Å²) in [6, 6.07) is 5.38. The van der Waals surface area contributed by atoms with Gasteiger partial charge in [-0.25, -0.2) is 15.0 Å². The third-order valence-electron chi connectivity index (χ3n) is 2.95. The van der Waals surface area contributed by atoms with Crippen molar-refractivity contribution in [3.8, 4) is 0 Å². The third-order valence-corrected chi connectivity index (χ3v) is 3.77. The maximum atomic E-state index is 6.16. The second-order valence-corrected chi connectivity index (χ2v) is 4.94. The highest BCUT2D eigenvalue weighted by Gasteiger charge is 2.11. The van der Waals surface area contributed by atoms with Gasteiger partial charge < -0.3 is 9.88 Å². The number of anilines is 2. The number of aromatic nitrogens is 4. The predicted octanol–water partition coefficient (Wildman–Crippen LogP) is 3.90. The van der Waals surface area contributed by atoms with Crippen LogP contribution in [0.15, 0.2) is 30.9 Å². The number of nitrogens with one attached hydrogen (secondary N) is 1. The molecule has 7 heteroatoms. The quantitative estimate of drug-likeness (QED) is 0.797. The average molecular weight is 308 g/mol. The Morgan fingerprint density at radius 3 is 2.85 bits per heavy atom. The maximum absolute atomic E-state index is 6.16. The molecule has 20 heavy (non-hydrogen) atoms. The highest BCUT2D eigenvalue weighted by molar-refractivity contribution is 6.43. The standard InChI is InChI=1S/C13H11Cl2N5/c1-2-20-7-18-11-12(16-6-17-13(11)20)19-9-5-3-4-8(14)10(9)15/h3-7H,2H2,1H3,(H,16,17,19). The molecule has 3 rings (SSSR count). The molecule has 1 aromatic carbocycles. The van der Waals surface area contributed by atoms with Crippen LogP contribution in [0.5, 0.6) is 0 Å². The summed E-state index contributed by atoms with van der Waals surface area (Å²) in [5, 5.41) is 4.09. The van der Waals surface area contributed by atoms with Gasteiger partial charge in [-0.15, -0.1) is 0 Å². The van der Waals surface area contributed by atoms with E-state index in [4.69, 9.17) is 23.2 Å². The molecule has 0 saturated heterocycles. The van der Waals surface area contributed by atoms with E-state index < -0.39 is 0 Å². The maximum Gasteiger partial charge on any atom is 0.165 e. The molecule has 0 spiro atoms. The summed E-state index contributed by atoms with van der Waals surface area (Å²) in [4.78, 5) is 12.8. The fraction of sp³-hybridized carbons (Fsp3) is 0.154. The first-order valence-corrected chi connectivity index (χ1v) is 6.83. The smallest absolute Gasteiger partial charge is 0.165 e. The first-order valence-electron chi connectivity index (χ1n) is 6.07. The number of nitrogens with zero attached hydrogens (tertiary/aromatic N) is 4. The Labute approximate surface area is 125 Å². The van der Waals surface area contributed by atoms with Crippen molar-refractivity contribution in [3.63, 3.8) is 0 Å². The zero-order valence-corrected chi connectivity index (χ0v) is 12.2. The van der Waals surface area contributed by atoms with Crippen LogP contribution in [0.1, 0.15) is 6.92 Å². The van der Waals surface area contributed by atoms with Crippen molar-refractivity contribution in [2.45, 2.75) is 13.5 Å². The molecule has 3 aromatic rings. The summed E-state index contributed by atoms with van der Waals surface area (Å²) in [5.41, 5.74) is 2.17. The van der Waals surface area contributed by atoms with Crippen LogP contribution in [0.25, 0.3) is 11.2 Å². The molecule has 1 N–H and O–H groups in total. The molecule has 0 aliphatic heterocycles. The van der Waals surface area contributed by atoms with Crippen molar-refractivity contribution in [2.75, 3.05) is 5.32 Å². The number of benzene rings is 1. The Bertz CT molecular complexity index is 769. The second kappa shape index (κ2) is 5.26. The lowest BCUT2D eigenvalue weighted by Gasteiger charge is -2.08. The summed E-state index contributed by atoms with van der Waals surface area (Å²) in [7, 11) is 0. The third kappa shape index (κ3) is 2.19. The van der Waals surface area contributed by atoms with Crippen LogP contribution in [0.4, 0.5) is 11.5 Å². The Kier molecular flexibility index (Phi) is 3.46. The monoisotopic (exact) mass is 307 g/mol. The van der Waals surface area contributed by atoms with E-state index >= 15 is 0 Å². The lowest BCUT2D eigenvalue weighted by atomic mass is 10.3. The number of hydrogen-bond donors (Lipinski definition) is 1. The van der Waals surface area contributed by atoms with Crippen LogP contribution in [-0.4, -0.2) is 19.5 Å². The molecule has 2 heterocycles. The highest BCUT2D eigenvalue weighted by atomic mass is 35.5. The van der Waals surface area contributed by atoms with E-state index in [1.54, 1.807) is 12.4 Å². The molecular formula is C13H11Cl2N5. The molecule has 0 radical (unpaired) electrons. The molecule has 0 atom stereocenters. The zero-order chi connectivity index (χ0) is 14.1. The zero-order valence-electron chi connectivity index (χ0n) is 10.6. The van der Waals surface area contributed by atoms with Crippen LogP contribution >= 0.6 is 23.2 Å². The molecule has 0 amide bonds. The van der Waals surface area contributed by atoms with E-state index in [-0.39, 0.29) is 0 Å². The van der Waals surface area contributed by atoms with Gasteiger partial charge in [0, 0.05) is 6.54 Å². The molecule has 0 aliphatic carbocycles. The average Bonchev–Trinajstić information content (AvgIpc) is 2.88. The van der Waals surface area contributed by atoms with Crippen LogP contribution in [-0.2, 0) is 6.54 Å². The Morgan fingerprint density at radius 2 is 2.05 bits per heavy atom. The minimum Gasteiger partial charge on any atom is -0.337 e. The first kappa shape index (κ1) is 13.1. The molecule has 102 valence electrons. The highest BCUT2D eigenvalue weighted by Crippen LogP contribution is 2.32. The minimum atomic E-state index is 0.454. The van der Waals surface area contributed by atoms with Crippen LogP contribution in [0, 0.1) is 0 Å². The number of halogens is 2.